The van der Waals surface area contributed by atoms with E-state index in [1.807, 2.05) is 12.1 Å². The first kappa shape index (κ1) is 17.3. The van der Waals surface area contributed by atoms with Crippen LogP contribution in [-0.4, -0.2) is 27.9 Å². The van der Waals surface area contributed by atoms with Crippen LogP contribution in [0.25, 0.3) is 0 Å². The van der Waals surface area contributed by atoms with Crippen molar-refractivity contribution in [3.63, 3.8) is 0 Å². The molecule has 0 saturated heterocycles. The molecule has 2 heterocycles. The van der Waals surface area contributed by atoms with Crippen molar-refractivity contribution >= 4 is 28.8 Å². The van der Waals surface area contributed by atoms with Crippen molar-refractivity contribution in [2.24, 2.45) is 5.16 Å². The Labute approximate surface area is 159 Å². The second-order valence-corrected chi connectivity index (χ2v) is 6.47. The van der Waals surface area contributed by atoms with Gasteiger partial charge in [-0.25, -0.2) is 9.02 Å². The smallest absolute Gasteiger partial charge is 0.201 e. The molecule has 0 fully saturated rings. The Hall–Kier alpha value is -3.13. The highest BCUT2D eigenvalue weighted by Crippen LogP contribution is 2.29. The summed E-state index contributed by atoms with van der Waals surface area (Å²) in [5.41, 5.74) is 3.62. The highest BCUT2D eigenvalue weighted by atomic mass is 35.5. The van der Waals surface area contributed by atoms with E-state index in [4.69, 9.17) is 16.2 Å². The second-order valence-electron chi connectivity index (χ2n) is 6.06. The first-order valence-electron chi connectivity index (χ1n) is 8.24. The van der Waals surface area contributed by atoms with Crippen molar-refractivity contribution in [2.75, 3.05) is 16.8 Å². The van der Waals surface area contributed by atoms with Gasteiger partial charge in [0.05, 0.1) is 11.6 Å². The summed E-state index contributed by atoms with van der Waals surface area (Å²) in [5, 5.41) is 23.3. The highest BCUT2D eigenvalue weighted by Gasteiger charge is 2.24. The van der Waals surface area contributed by atoms with E-state index in [0.717, 1.165) is 18.7 Å². The van der Waals surface area contributed by atoms with E-state index in [1.54, 1.807) is 0 Å². The normalized spacial score (nSPS) is 13.7. The molecule has 0 bridgehead atoms. The third-order valence-corrected chi connectivity index (χ3v) is 4.68. The number of para-hydroxylation sites is 1. The number of oxime groups is 1. The largest absolute Gasteiger partial charge is 0.409 e. The maximum absolute atomic E-state index is 13.3. The summed E-state index contributed by atoms with van der Waals surface area (Å²) in [7, 11) is 0. The summed E-state index contributed by atoms with van der Waals surface area (Å²) in [5.74, 6) is -0.511. The number of nitrogens with zero attached hydrogens (tertiary/aromatic N) is 4. The van der Waals surface area contributed by atoms with Crippen LogP contribution in [0.1, 0.15) is 17.0 Å². The Morgan fingerprint density at radius 2 is 2.15 bits per heavy atom. The van der Waals surface area contributed by atoms with Crippen molar-refractivity contribution in [2.45, 2.75) is 13.0 Å². The molecule has 0 spiro atoms. The number of halogens is 2. The van der Waals surface area contributed by atoms with Crippen LogP contribution >= 0.6 is 11.6 Å². The molecule has 9 heteroatoms. The summed E-state index contributed by atoms with van der Waals surface area (Å²) in [6.07, 6.45) is 0.948. The molecule has 138 valence electrons. The van der Waals surface area contributed by atoms with Gasteiger partial charge in [-0.3, -0.25) is 0 Å². The molecule has 4 rings (SSSR count). The number of rotatable bonds is 4. The zero-order valence-electron chi connectivity index (χ0n) is 14.1. The lowest BCUT2D eigenvalue weighted by molar-refractivity contribution is 0.300. The van der Waals surface area contributed by atoms with Crippen LogP contribution in [-0.2, 0) is 13.0 Å². The number of fused-ring (bicyclic) bond motifs is 1. The molecular formula is C18H15ClFN5O2. The SMILES string of the molecule is O/N=C(\Nc1ccc(F)c(Cl)c1)c1nonc1CN1CCc2ccccc21. The van der Waals surface area contributed by atoms with Gasteiger partial charge in [0.25, 0.3) is 0 Å². The minimum absolute atomic E-state index is 0.0291. The molecule has 0 saturated carbocycles. The third-order valence-electron chi connectivity index (χ3n) is 4.39. The van der Waals surface area contributed by atoms with E-state index in [9.17, 15) is 9.60 Å². The molecule has 2 N–H and O–H groups in total. The van der Waals surface area contributed by atoms with E-state index in [1.165, 1.54) is 23.8 Å². The number of nitrogens with one attached hydrogen (secondary N) is 1. The standard InChI is InChI=1S/C18H15ClFN5O2/c19-13-9-12(5-6-14(13)20)21-18(22-26)17-15(23-27-24-17)10-25-8-7-11-3-1-2-4-16(11)25/h1-6,9,26H,7-8,10H2,(H,21,22). The minimum Gasteiger partial charge on any atom is -0.409 e. The molecule has 3 aromatic rings. The van der Waals surface area contributed by atoms with Gasteiger partial charge in [0.2, 0.25) is 5.84 Å². The lowest BCUT2D eigenvalue weighted by Gasteiger charge is -2.18. The van der Waals surface area contributed by atoms with Crippen molar-refractivity contribution in [1.82, 2.24) is 10.3 Å². The van der Waals surface area contributed by atoms with E-state index in [2.05, 4.69) is 37.8 Å². The van der Waals surface area contributed by atoms with Crippen molar-refractivity contribution < 1.29 is 14.2 Å². The Morgan fingerprint density at radius 1 is 1.30 bits per heavy atom. The van der Waals surface area contributed by atoms with Crippen molar-refractivity contribution in [1.29, 1.82) is 0 Å². The first-order valence-corrected chi connectivity index (χ1v) is 8.62. The van der Waals surface area contributed by atoms with Crippen molar-refractivity contribution in [3.05, 3.63) is 70.3 Å². The first-order chi connectivity index (χ1) is 13.2. The number of hydrogen-bond donors (Lipinski definition) is 2. The van der Waals surface area contributed by atoms with E-state index in [-0.39, 0.29) is 16.6 Å². The Balaban J connectivity index is 1.56. The van der Waals surface area contributed by atoms with Gasteiger partial charge >= 0.3 is 0 Å². The van der Waals surface area contributed by atoms with Gasteiger partial charge in [-0.1, -0.05) is 40.1 Å². The molecule has 0 aliphatic carbocycles. The van der Waals surface area contributed by atoms with Crippen LogP contribution in [0.3, 0.4) is 0 Å². The monoisotopic (exact) mass is 387 g/mol. The minimum atomic E-state index is -0.541. The topological polar surface area (TPSA) is 86.8 Å². The fraction of sp³-hybridized carbons (Fsp3) is 0.167. The van der Waals surface area contributed by atoms with Gasteiger partial charge in [-0.05, 0) is 41.4 Å². The maximum Gasteiger partial charge on any atom is 0.201 e. The summed E-state index contributed by atoms with van der Waals surface area (Å²) in [6, 6.07) is 12.2. The Kier molecular flexibility index (Phi) is 4.64. The fourth-order valence-corrected chi connectivity index (χ4v) is 3.26. The molecule has 0 radical (unpaired) electrons. The van der Waals surface area contributed by atoms with Gasteiger partial charge in [-0.2, -0.15) is 0 Å². The van der Waals surface area contributed by atoms with Crippen molar-refractivity contribution in [3.8, 4) is 0 Å². The van der Waals surface area contributed by atoms with Crippen LogP contribution in [0, 0.1) is 5.82 Å². The third kappa shape index (κ3) is 3.43. The zero-order valence-corrected chi connectivity index (χ0v) is 14.8. The van der Waals surface area contributed by atoms with Crippen LogP contribution in [0.15, 0.2) is 52.2 Å². The van der Waals surface area contributed by atoms with E-state index < -0.39 is 5.82 Å². The van der Waals surface area contributed by atoms with Gasteiger partial charge < -0.3 is 15.4 Å². The number of aromatic nitrogens is 2. The number of hydrogen-bond acceptors (Lipinski definition) is 6. The maximum atomic E-state index is 13.3. The molecule has 1 aliphatic rings. The summed E-state index contributed by atoms with van der Waals surface area (Å²) < 4.78 is 18.2. The summed E-state index contributed by atoms with van der Waals surface area (Å²) in [4.78, 5) is 2.15. The second kappa shape index (κ2) is 7.24. The van der Waals surface area contributed by atoms with E-state index in [0.29, 0.717) is 17.9 Å². The highest BCUT2D eigenvalue weighted by molar-refractivity contribution is 6.31. The average molecular weight is 388 g/mol. The molecule has 0 atom stereocenters. The molecule has 1 aromatic heterocycles. The average Bonchev–Trinajstić information content (AvgIpc) is 3.30. The predicted octanol–water partition coefficient (Wildman–Crippen LogP) is 3.67. The van der Waals surface area contributed by atoms with E-state index >= 15 is 0 Å². The Morgan fingerprint density at radius 3 is 2.96 bits per heavy atom. The molecule has 27 heavy (non-hydrogen) atoms. The Bertz CT molecular complexity index is 1010. The van der Waals surface area contributed by atoms with Crippen LogP contribution < -0.4 is 10.2 Å². The molecule has 0 amide bonds. The van der Waals surface area contributed by atoms with Crippen LogP contribution in [0.2, 0.25) is 5.02 Å². The molecule has 1 aliphatic heterocycles. The molecule has 0 unspecified atom stereocenters. The molecule has 2 aromatic carbocycles. The van der Waals surface area contributed by atoms with Gasteiger partial charge in [0, 0.05) is 17.9 Å². The van der Waals surface area contributed by atoms with Gasteiger partial charge in [0.15, 0.2) is 5.69 Å². The summed E-state index contributed by atoms with van der Waals surface area (Å²) >= 11 is 5.79. The predicted molar refractivity (Wildman–Crippen MR) is 98.9 cm³/mol. The van der Waals surface area contributed by atoms with Crippen LogP contribution in [0.4, 0.5) is 15.8 Å². The molecule has 7 nitrogen and oxygen atoms in total. The van der Waals surface area contributed by atoms with Gasteiger partial charge in [0.1, 0.15) is 11.5 Å². The van der Waals surface area contributed by atoms with Crippen LogP contribution in [0.5, 0.6) is 0 Å². The molecular weight excluding hydrogens is 373 g/mol. The fourth-order valence-electron chi connectivity index (χ4n) is 3.08. The number of amidine groups is 1. The number of benzene rings is 2. The lowest BCUT2D eigenvalue weighted by atomic mass is 10.2. The quantitative estimate of drug-likeness (QED) is 0.307. The van der Waals surface area contributed by atoms with Gasteiger partial charge in [-0.15, -0.1) is 0 Å². The number of anilines is 2. The lowest BCUT2D eigenvalue weighted by Crippen LogP contribution is -2.23. The zero-order chi connectivity index (χ0) is 18.8. The summed E-state index contributed by atoms with van der Waals surface area (Å²) in [6.45, 7) is 1.29.